The first-order valence-electron chi connectivity index (χ1n) is 7.75. The van der Waals surface area contributed by atoms with Crippen LogP contribution in [0.5, 0.6) is 0 Å². The molecule has 1 aromatic heterocycles. The van der Waals surface area contributed by atoms with Crippen molar-refractivity contribution in [3.05, 3.63) is 41.4 Å². The Balaban J connectivity index is 1.74. The highest BCUT2D eigenvalue weighted by atomic mass is 16.3. The molecule has 0 aromatic carbocycles. The van der Waals surface area contributed by atoms with Gasteiger partial charge in [0, 0.05) is 6.54 Å². The first kappa shape index (κ1) is 15.3. The van der Waals surface area contributed by atoms with Gasteiger partial charge in [-0.05, 0) is 50.3 Å². The van der Waals surface area contributed by atoms with Crippen LogP contribution in [0.3, 0.4) is 0 Å². The first-order chi connectivity index (χ1) is 11.1. The summed E-state index contributed by atoms with van der Waals surface area (Å²) in [5.41, 5.74) is 1.18. The molecular weight excluding hydrogens is 296 g/mol. The Morgan fingerprint density at radius 3 is 2.83 bits per heavy atom. The van der Waals surface area contributed by atoms with E-state index in [1.807, 2.05) is 0 Å². The molecule has 0 bridgehead atoms. The van der Waals surface area contributed by atoms with E-state index in [0.29, 0.717) is 12.2 Å². The van der Waals surface area contributed by atoms with Crippen LogP contribution in [0.1, 0.15) is 37.9 Å². The molecule has 2 aliphatic rings. The van der Waals surface area contributed by atoms with Gasteiger partial charge in [0.2, 0.25) is 0 Å². The molecule has 0 spiro atoms. The fourth-order valence-corrected chi connectivity index (χ4v) is 2.80. The highest BCUT2D eigenvalue weighted by Gasteiger charge is 2.35. The molecule has 0 saturated carbocycles. The summed E-state index contributed by atoms with van der Waals surface area (Å²) in [7, 11) is 0. The molecule has 6 nitrogen and oxygen atoms in total. The van der Waals surface area contributed by atoms with Crippen molar-refractivity contribution < 1.29 is 18.8 Å². The zero-order chi connectivity index (χ0) is 16.2. The quantitative estimate of drug-likeness (QED) is 0.526. The van der Waals surface area contributed by atoms with Crippen LogP contribution >= 0.6 is 0 Å². The third kappa shape index (κ3) is 3.41. The molecule has 6 heteroatoms. The molecule has 1 saturated heterocycles. The maximum absolute atomic E-state index is 12.5. The molecular formula is C17H18N2O4. The van der Waals surface area contributed by atoms with E-state index in [9.17, 15) is 14.4 Å². The molecule has 1 N–H and O–H groups in total. The number of carbonyl (C=O) groups excluding carboxylic acids is 3. The van der Waals surface area contributed by atoms with Crippen molar-refractivity contribution in [1.29, 1.82) is 0 Å². The molecule has 1 aliphatic carbocycles. The molecule has 1 aromatic rings. The second kappa shape index (κ2) is 6.64. The number of furan rings is 1. The topological polar surface area (TPSA) is 79.6 Å². The Labute approximate surface area is 133 Å². The average Bonchev–Trinajstić information content (AvgIpc) is 3.05. The number of imide groups is 2. The van der Waals surface area contributed by atoms with Crippen LogP contribution in [-0.4, -0.2) is 29.3 Å². The number of allylic oxidation sites excluding steroid dienone is 1. The first-order valence-corrected chi connectivity index (χ1v) is 7.75. The fourth-order valence-electron chi connectivity index (χ4n) is 2.80. The maximum atomic E-state index is 12.5. The van der Waals surface area contributed by atoms with Crippen LogP contribution in [0.15, 0.2) is 40.0 Å². The molecule has 1 aliphatic heterocycles. The van der Waals surface area contributed by atoms with Gasteiger partial charge in [-0.3, -0.25) is 19.8 Å². The third-order valence-corrected chi connectivity index (χ3v) is 4.06. The lowest BCUT2D eigenvalue weighted by Gasteiger charge is -2.27. The lowest BCUT2D eigenvalue weighted by Crippen LogP contribution is -2.54. The summed E-state index contributed by atoms with van der Waals surface area (Å²) in [4.78, 5) is 37.4. The van der Waals surface area contributed by atoms with E-state index in [0.717, 1.165) is 24.2 Å². The lowest BCUT2D eigenvalue weighted by atomic mass is 9.97. The number of amides is 4. The van der Waals surface area contributed by atoms with E-state index in [1.165, 1.54) is 24.3 Å². The maximum Gasteiger partial charge on any atom is 0.331 e. The zero-order valence-corrected chi connectivity index (χ0v) is 12.7. The number of barbiturate groups is 1. The normalized spacial score (nSPS) is 20.7. The van der Waals surface area contributed by atoms with E-state index >= 15 is 0 Å². The van der Waals surface area contributed by atoms with E-state index in [1.54, 1.807) is 12.1 Å². The second-order valence-electron chi connectivity index (χ2n) is 5.65. The molecule has 2 heterocycles. The van der Waals surface area contributed by atoms with E-state index in [4.69, 9.17) is 4.42 Å². The molecule has 0 radical (unpaired) electrons. The van der Waals surface area contributed by atoms with Crippen molar-refractivity contribution in [3.8, 4) is 0 Å². The molecule has 0 atom stereocenters. The van der Waals surface area contributed by atoms with Crippen molar-refractivity contribution in [2.45, 2.75) is 32.1 Å². The predicted octanol–water partition coefficient (Wildman–Crippen LogP) is 2.63. The van der Waals surface area contributed by atoms with E-state index in [-0.39, 0.29) is 12.1 Å². The van der Waals surface area contributed by atoms with Gasteiger partial charge in [0.1, 0.15) is 11.3 Å². The summed E-state index contributed by atoms with van der Waals surface area (Å²) in [5.74, 6) is -0.871. The minimum atomic E-state index is -0.690. The van der Waals surface area contributed by atoms with Gasteiger partial charge in [-0.25, -0.2) is 4.79 Å². The second-order valence-corrected chi connectivity index (χ2v) is 5.65. The van der Waals surface area contributed by atoms with Gasteiger partial charge in [-0.1, -0.05) is 11.6 Å². The van der Waals surface area contributed by atoms with Gasteiger partial charge in [0.25, 0.3) is 11.8 Å². The molecule has 23 heavy (non-hydrogen) atoms. The van der Waals surface area contributed by atoms with Crippen LogP contribution in [-0.2, 0) is 9.59 Å². The van der Waals surface area contributed by atoms with Gasteiger partial charge >= 0.3 is 6.03 Å². The third-order valence-electron chi connectivity index (χ3n) is 4.06. The highest BCUT2D eigenvalue weighted by Crippen LogP contribution is 2.22. The standard InChI is InChI=1S/C17H18N2O4/c20-15-14(11-13-7-4-10-23-13)16(21)19(17(22)18-15)9-8-12-5-2-1-3-6-12/h4-5,7,10-11H,1-3,6,8-9H2,(H,18,20,22). The summed E-state index contributed by atoms with van der Waals surface area (Å²) in [5, 5.41) is 2.21. The zero-order valence-electron chi connectivity index (χ0n) is 12.7. The van der Waals surface area contributed by atoms with Crippen LogP contribution < -0.4 is 5.32 Å². The summed E-state index contributed by atoms with van der Waals surface area (Å²) >= 11 is 0. The Morgan fingerprint density at radius 2 is 2.13 bits per heavy atom. The largest absolute Gasteiger partial charge is 0.465 e. The van der Waals surface area contributed by atoms with Crippen LogP contribution in [0.25, 0.3) is 6.08 Å². The summed E-state index contributed by atoms with van der Waals surface area (Å²) in [6.45, 7) is 0.277. The lowest BCUT2D eigenvalue weighted by molar-refractivity contribution is -0.130. The average molecular weight is 314 g/mol. The van der Waals surface area contributed by atoms with Crippen molar-refractivity contribution in [1.82, 2.24) is 10.2 Å². The van der Waals surface area contributed by atoms with Crippen LogP contribution in [0, 0.1) is 0 Å². The van der Waals surface area contributed by atoms with E-state index < -0.39 is 17.8 Å². The molecule has 120 valence electrons. The number of nitrogens with one attached hydrogen (secondary N) is 1. The van der Waals surface area contributed by atoms with Crippen molar-refractivity contribution >= 4 is 23.9 Å². The Kier molecular flexibility index (Phi) is 4.41. The number of rotatable bonds is 4. The number of nitrogens with zero attached hydrogens (tertiary/aromatic N) is 1. The Bertz CT molecular complexity index is 685. The number of carbonyl (C=O) groups is 3. The molecule has 1 fully saturated rings. The monoisotopic (exact) mass is 314 g/mol. The van der Waals surface area contributed by atoms with Gasteiger partial charge in [0.05, 0.1) is 6.26 Å². The van der Waals surface area contributed by atoms with Crippen LogP contribution in [0.2, 0.25) is 0 Å². The van der Waals surface area contributed by atoms with Crippen molar-refractivity contribution in [3.63, 3.8) is 0 Å². The predicted molar refractivity (Wildman–Crippen MR) is 83.1 cm³/mol. The molecule has 3 rings (SSSR count). The minimum Gasteiger partial charge on any atom is -0.465 e. The molecule has 0 unspecified atom stereocenters. The molecule has 4 amide bonds. The minimum absolute atomic E-state index is 0.0860. The summed E-state index contributed by atoms with van der Waals surface area (Å²) in [6, 6.07) is 2.64. The summed E-state index contributed by atoms with van der Waals surface area (Å²) < 4.78 is 5.13. The van der Waals surface area contributed by atoms with Crippen molar-refractivity contribution in [2.24, 2.45) is 0 Å². The van der Waals surface area contributed by atoms with Crippen LogP contribution in [0.4, 0.5) is 4.79 Å². The van der Waals surface area contributed by atoms with Crippen molar-refractivity contribution in [2.75, 3.05) is 6.54 Å². The highest BCUT2D eigenvalue weighted by molar-refractivity contribution is 6.30. The SMILES string of the molecule is O=C1NC(=O)N(CCC2=CCCCC2)C(=O)C1=Cc1ccco1. The van der Waals surface area contributed by atoms with Gasteiger partial charge in [-0.2, -0.15) is 0 Å². The van der Waals surface area contributed by atoms with E-state index in [2.05, 4.69) is 11.4 Å². The number of hydrogen-bond donors (Lipinski definition) is 1. The van der Waals surface area contributed by atoms with Gasteiger partial charge in [-0.15, -0.1) is 0 Å². The Morgan fingerprint density at radius 1 is 1.26 bits per heavy atom. The Hall–Kier alpha value is -2.63. The van der Waals surface area contributed by atoms with Gasteiger partial charge < -0.3 is 4.42 Å². The number of urea groups is 1. The smallest absolute Gasteiger partial charge is 0.331 e. The number of hydrogen-bond acceptors (Lipinski definition) is 4. The fraction of sp³-hybridized carbons (Fsp3) is 0.353. The van der Waals surface area contributed by atoms with Gasteiger partial charge in [0.15, 0.2) is 0 Å². The summed E-state index contributed by atoms with van der Waals surface area (Å²) in [6.07, 6.45) is 10.1.